The third-order valence-corrected chi connectivity index (χ3v) is 3.09. The van der Waals surface area contributed by atoms with E-state index in [0.717, 1.165) is 18.2 Å². The molecule has 100 valence electrons. The molecular weight excluding hydrogens is 274 g/mol. The van der Waals surface area contributed by atoms with Crippen molar-refractivity contribution in [2.24, 2.45) is 0 Å². The average molecular weight is 285 g/mol. The molecule has 0 fully saturated rings. The van der Waals surface area contributed by atoms with Gasteiger partial charge in [-0.1, -0.05) is 17.7 Å². The first kappa shape index (κ1) is 13.8. The molecule has 0 saturated carbocycles. The zero-order chi connectivity index (χ0) is 14.0. The number of hydrogen-bond donors (Lipinski definition) is 1. The van der Waals surface area contributed by atoms with E-state index in [-0.39, 0.29) is 16.1 Å². The largest absolute Gasteiger partial charge is 0.496 e. The highest BCUT2D eigenvalue weighted by atomic mass is 35.5. The Morgan fingerprint density at radius 3 is 2.63 bits per heavy atom. The van der Waals surface area contributed by atoms with Crippen molar-refractivity contribution in [3.8, 4) is 5.75 Å². The van der Waals surface area contributed by atoms with E-state index in [4.69, 9.17) is 16.3 Å². The summed E-state index contributed by atoms with van der Waals surface area (Å²) < 4.78 is 31.9. The number of hydrogen-bond acceptors (Lipinski definition) is 2. The molecular formula is C14H11ClF2O2. The lowest BCUT2D eigenvalue weighted by Crippen LogP contribution is -2.06. The monoisotopic (exact) mass is 284 g/mol. The molecule has 0 saturated heterocycles. The van der Waals surface area contributed by atoms with Crippen LogP contribution in [0.15, 0.2) is 36.4 Å². The summed E-state index contributed by atoms with van der Waals surface area (Å²) in [5.74, 6) is -1.04. The molecule has 0 heterocycles. The smallest absolute Gasteiger partial charge is 0.129 e. The van der Waals surface area contributed by atoms with Gasteiger partial charge in [0, 0.05) is 11.1 Å². The Balaban J connectivity index is 2.55. The second kappa shape index (κ2) is 5.55. The highest BCUT2D eigenvalue weighted by molar-refractivity contribution is 6.31. The van der Waals surface area contributed by atoms with Gasteiger partial charge in [-0.05, 0) is 30.3 Å². The van der Waals surface area contributed by atoms with E-state index < -0.39 is 17.7 Å². The quantitative estimate of drug-likeness (QED) is 0.931. The van der Waals surface area contributed by atoms with Crippen LogP contribution >= 0.6 is 11.6 Å². The first-order chi connectivity index (χ1) is 9.04. The van der Waals surface area contributed by atoms with Crippen LogP contribution in [0.3, 0.4) is 0 Å². The Morgan fingerprint density at radius 1 is 1.21 bits per heavy atom. The van der Waals surface area contributed by atoms with Crippen molar-refractivity contribution < 1.29 is 18.6 Å². The molecule has 0 bridgehead atoms. The van der Waals surface area contributed by atoms with Gasteiger partial charge in [-0.15, -0.1) is 0 Å². The van der Waals surface area contributed by atoms with Gasteiger partial charge >= 0.3 is 0 Å². The number of benzene rings is 2. The predicted molar refractivity (Wildman–Crippen MR) is 68.4 cm³/mol. The minimum Gasteiger partial charge on any atom is -0.496 e. The van der Waals surface area contributed by atoms with Crippen LogP contribution in [0.5, 0.6) is 5.75 Å². The molecule has 0 aliphatic carbocycles. The molecule has 5 heteroatoms. The van der Waals surface area contributed by atoms with Gasteiger partial charge in [-0.2, -0.15) is 0 Å². The minimum absolute atomic E-state index is 0.189. The molecule has 0 aromatic heterocycles. The molecule has 0 aliphatic rings. The average Bonchev–Trinajstić information content (AvgIpc) is 2.40. The third kappa shape index (κ3) is 2.69. The number of methoxy groups -OCH3 is 1. The topological polar surface area (TPSA) is 29.5 Å². The molecule has 0 amide bonds. The first-order valence-electron chi connectivity index (χ1n) is 5.50. The minimum atomic E-state index is -1.40. The van der Waals surface area contributed by atoms with Crippen LogP contribution in [0.2, 0.25) is 5.02 Å². The predicted octanol–water partition coefficient (Wildman–Crippen LogP) is 3.71. The zero-order valence-electron chi connectivity index (χ0n) is 10.0. The van der Waals surface area contributed by atoms with Gasteiger partial charge in [0.15, 0.2) is 0 Å². The van der Waals surface area contributed by atoms with E-state index in [2.05, 4.69) is 0 Å². The molecule has 2 aromatic rings. The van der Waals surface area contributed by atoms with Gasteiger partial charge in [0.05, 0.1) is 12.1 Å². The van der Waals surface area contributed by atoms with Gasteiger partial charge < -0.3 is 9.84 Å². The fourth-order valence-corrected chi connectivity index (χ4v) is 2.11. The number of aliphatic hydroxyl groups excluding tert-OH is 1. The standard InChI is InChI=1S/C14H11ClF2O2/c1-19-12-4-2-3-10(15)13(12)14(18)9-7-8(16)5-6-11(9)17/h2-7,14,18H,1H3. The Bertz CT molecular complexity index is 602. The van der Waals surface area contributed by atoms with E-state index in [9.17, 15) is 13.9 Å². The first-order valence-corrected chi connectivity index (χ1v) is 5.87. The molecule has 1 unspecified atom stereocenters. The van der Waals surface area contributed by atoms with Crippen LogP contribution in [-0.2, 0) is 0 Å². The Kier molecular flexibility index (Phi) is 4.02. The van der Waals surface area contributed by atoms with Crippen molar-refractivity contribution in [3.05, 3.63) is 64.2 Å². The van der Waals surface area contributed by atoms with Crippen LogP contribution in [0, 0.1) is 11.6 Å². The number of halogens is 3. The van der Waals surface area contributed by atoms with Gasteiger partial charge in [-0.3, -0.25) is 0 Å². The SMILES string of the molecule is COc1cccc(Cl)c1C(O)c1cc(F)ccc1F. The van der Waals surface area contributed by atoms with Gasteiger partial charge in [0.25, 0.3) is 0 Å². The molecule has 2 nitrogen and oxygen atoms in total. The number of aliphatic hydroxyl groups is 1. The molecule has 0 aliphatic heterocycles. The molecule has 2 rings (SSSR count). The van der Waals surface area contributed by atoms with Crippen molar-refractivity contribution in [3.63, 3.8) is 0 Å². The summed E-state index contributed by atoms with van der Waals surface area (Å²) >= 11 is 5.99. The third-order valence-electron chi connectivity index (χ3n) is 2.76. The van der Waals surface area contributed by atoms with E-state index >= 15 is 0 Å². The molecule has 19 heavy (non-hydrogen) atoms. The lowest BCUT2D eigenvalue weighted by atomic mass is 10.00. The molecule has 1 N–H and O–H groups in total. The highest BCUT2D eigenvalue weighted by Gasteiger charge is 2.22. The Morgan fingerprint density at radius 2 is 1.95 bits per heavy atom. The van der Waals surface area contributed by atoms with Crippen molar-refractivity contribution in [2.75, 3.05) is 7.11 Å². The highest BCUT2D eigenvalue weighted by Crippen LogP contribution is 2.36. The fourth-order valence-electron chi connectivity index (χ4n) is 1.84. The normalized spacial score (nSPS) is 12.3. The van der Waals surface area contributed by atoms with Crippen LogP contribution in [0.4, 0.5) is 8.78 Å². The van der Waals surface area contributed by atoms with Crippen LogP contribution in [-0.4, -0.2) is 12.2 Å². The zero-order valence-corrected chi connectivity index (χ0v) is 10.8. The molecule has 0 spiro atoms. The van der Waals surface area contributed by atoms with E-state index in [0.29, 0.717) is 5.75 Å². The summed E-state index contributed by atoms with van der Waals surface area (Å²) in [5.41, 5.74) is 0.0163. The van der Waals surface area contributed by atoms with Gasteiger partial charge in [-0.25, -0.2) is 8.78 Å². The summed E-state index contributed by atoms with van der Waals surface area (Å²) in [7, 11) is 1.41. The van der Waals surface area contributed by atoms with E-state index in [1.165, 1.54) is 7.11 Å². The maximum atomic E-state index is 13.7. The van der Waals surface area contributed by atoms with Crippen LogP contribution < -0.4 is 4.74 Å². The fraction of sp³-hybridized carbons (Fsp3) is 0.143. The molecule has 1 atom stereocenters. The summed E-state index contributed by atoms with van der Waals surface area (Å²) in [6.07, 6.45) is -1.40. The van der Waals surface area contributed by atoms with Crippen molar-refractivity contribution in [2.45, 2.75) is 6.10 Å². The lowest BCUT2D eigenvalue weighted by Gasteiger charge is -2.17. The van der Waals surface area contributed by atoms with Gasteiger partial charge in [0.2, 0.25) is 0 Å². The molecule has 2 aromatic carbocycles. The second-order valence-electron chi connectivity index (χ2n) is 3.92. The Hall–Kier alpha value is -1.65. The summed E-state index contributed by atoms with van der Waals surface area (Å²) in [6.45, 7) is 0. The van der Waals surface area contributed by atoms with Crippen molar-refractivity contribution >= 4 is 11.6 Å². The lowest BCUT2D eigenvalue weighted by molar-refractivity contribution is 0.209. The number of ether oxygens (including phenoxy) is 1. The van der Waals surface area contributed by atoms with Crippen molar-refractivity contribution in [1.29, 1.82) is 0 Å². The van der Waals surface area contributed by atoms with Gasteiger partial charge in [0.1, 0.15) is 23.5 Å². The maximum Gasteiger partial charge on any atom is 0.129 e. The van der Waals surface area contributed by atoms with Crippen molar-refractivity contribution in [1.82, 2.24) is 0 Å². The maximum absolute atomic E-state index is 13.7. The number of rotatable bonds is 3. The second-order valence-corrected chi connectivity index (χ2v) is 4.33. The Labute approximate surface area is 114 Å². The van der Waals surface area contributed by atoms with Crippen LogP contribution in [0.1, 0.15) is 17.2 Å². The van der Waals surface area contributed by atoms with E-state index in [1.54, 1.807) is 18.2 Å². The molecule has 0 radical (unpaired) electrons. The van der Waals surface area contributed by atoms with E-state index in [1.807, 2.05) is 0 Å². The summed E-state index contributed by atoms with van der Waals surface area (Å²) in [6, 6.07) is 7.64. The summed E-state index contributed by atoms with van der Waals surface area (Å²) in [5, 5.41) is 10.4. The van der Waals surface area contributed by atoms with Crippen LogP contribution in [0.25, 0.3) is 0 Å². The summed E-state index contributed by atoms with van der Waals surface area (Å²) in [4.78, 5) is 0.